The van der Waals surface area contributed by atoms with Gasteiger partial charge >= 0.3 is 23.9 Å². The van der Waals surface area contributed by atoms with Gasteiger partial charge in [-0.1, -0.05) is 116 Å². The Balaban J connectivity index is 1.50. The van der Waals surface area contributed by atoms with Crippen molar-refractivity contribution < 1.29 is 43.2 Å². The van der Waals surface area contributed by atoms with Gasteiger partial charge in [0.15, 0.2) is 0 Å². The third kappa shape index (κ3) is 10.3. The number of carbonyl (C=O) groups is 4. The van der Waals surface area contributed by atoms with Gasteiger partial charge in [-0.25, -0.2) is 4.79 Å². The topological polar surface area (TPSA) is 125 Å². The molecule has 1 aliphatic heterocycles. The molecule has 8 atom stereocenters. The molecule has 8 unspecified atom stereocenters. The van der Waals surface area contributed by atoms with E-state index >= 15 is 4.79 Å². The van der Waals surface area contributed by atoms with Crippen molar-refractivity contribution in [3.05, 3.63) is 12.2 Å². The second-order valence-electron chi connectivity index (χ2n) is 26.7. The van der Waals surface area contributed by atoms with E-state index in [-0.39, 0.29) is 29.9 Å². The molecule has 0 amide bonds. The molecular weight excluding hydrogens is 805 g/mol. The van der Waals surface area contributed by atoms with Crippen LogP contribution in [0.3, 0.4) is 0 Å². The average Bonchev–Trinajstić information content (AvgIpc) is 3.55. The highest BCUT2D eigenvalue weighted by atomic mass is 16.6. The summed E-state index contributed by atoms with van der Waals surface area (Å²) in [5, 5.41) is 11.2. The molecule has 6 aliphatic rings. The Morgan fingerprint density at radius 1 is 0.812 bits per heavy atom. The van der Waals surface area contributed by atoms with E-state index in [0.717, 1.165) is 43.1 Å². The highest BCUT2D eigenvalue weighted by Crippen LogP contribution is 2.62. The summed E-state index contributed by atoms with van der Waals surface area (Å²) >= 11 is 0. The van der Waals surface area contributed by atoms with E-state index in [0.29, 0.717) is 69.6 Å². The van der Waals surface area contributed by atoms with Crippen LogP contribution in [-0.2, 0) is 38.1 Å². The maximum Gasteiger partial charge on any atom is 0.347 e. The van der Waals surface area contributed by atoms with Gasteiger partial charge in [-0.05, 0) is 142 Å². The maximum absolute atomic E-state index is 15.3. The van der Waals surface area contributed by atoms with Gasteiger partial charge in [0, 0.05) is 19.3 Å². The lowest BCUT2D eigenvalue weighted by atomic mass is 9.49. The molecule has 366 valence electrons. The molecule has 6 fully saturated rings. The summed E-state index contributed by atoms with van der Waals surface area (Å²) in [6, 6.07) is 0. The molecule has 5 aliphatic carbocycles. The van der Waals surface area contributed by atoms with Crippen LogP contribution in [0.1, 0.15) is 208 Å². The molecule has 0 spiro atoms. The summed E-state index contributed by atoms with van der Waals surface area (Å²) in [7, 11) is 0. The summed E-state index contributed by atoms with van der Waals surface area (Å²) in [6.45, 7) is 40.3. The van der Waals surface area contributed by atoms with Crippen LogP contribution in [0.5, 0.6) is 0 Å². The van der Waals surface area contributed by atoms with Crippen molar-refractivity contribution in [1.82, 2.24) is 0 Å². The molecule has 0 aromatic carbocycles. The third-order valence-electron chi connectivity index (χ3n) is 19.1. The van der Waals surface area contributed by atoms with Crippen LogP contribution in [0.2, 0.25) is 0 Å². The normalized spacial score (nSPS) is 34.2. The standard InChI is InChI=1S/C55H92O9/c1-19-51(15,31-41(48(8,9)10)44(57)63-55(20-2)30-34(3)29-52(16,60)33-55)50(13,14)40(43(56)62-42-21-22-61-45(42)58)23-35(4)49(11,12)53(17,32-47(5,6)7)46(59)64-54(18)38-25-36-24-37(27-38)28-39(54)26-36/h35-42,60H,3,19-33H2,1-2,4-18H3. The molecule has 0 aromatic heterocycles. The molecule has 1 saturated heterocycles. The average molecular weight is 897 g/mol. The molecule has 1 heterocycles. The first kappa shape index (κ1) is 52.5. The summed E-state index contributed by atoms with van der Waals surface area (Å²) in [5.41, 5.74) is -5.17. The molecule has 0 aromatic rings. The zero-order valence-corrected chi connectivity index (χ0v) is 43.6. The highest BCUT2D eigenvalue weighted by molar-refractivity contribution is 5.82. The fraction of sp³-hybridized carbons (Fsp3) is 0.891. The molecule has 0 radical (unpaired) electrons. The van der Waals surface area contributed by atoms with Gasteiger partial charge < -0.3 is 24.1 Å². The number of hydrogen-bond donors (Lipinski definition) is 1. The van der Waals surface area contributed by atoms with Crippen molar-refractivity contribution in [2.75, 3.05) is 6.61 Å². The Labute approximate surface area is 389 Å². The van der Waals surface area contributed by atoms with E-state index < -0.39 is 73.8 Å². The zero-order valence-electron chi connectivity index (χ0n) is 43.6. The van der Waals surface area contributed by atoms with Gasteiger partial charge in [0.2, 0.25) is 6.10 Å². The Hall–Kier alpha value is -2.42. The van der Waals surface area contributed by atoms with Crippen LogP contribution in [-0.4, -0.2) is 58.5 Å². The van der Waals surface area contributed by atoms with Crippen LogP contribution in [0.15, 0.2) is 12.2 Å². The number of esters is 4. The van der Waals surface area contributed by atoms with Crippen LogP contribution >= 0.6 is 0 Å². The lowest BCUT2D eigenvalue weighted by Gasteiger charge is -2.60. The third-order valence-corrected chi connectivity index (χ3v) is 19.1. The lowest BCUT2D eigenvalue weighted by molar-refractivity contribution is -0.221. The van der Waals surface area contributed by atoms with E-state index in [1.807, 2.05) is 6.92 Å². The predicted molar refractivity (Wildman–Crippen MR) is 253 cm³/mol. The van der Waals surface area contributed by atoms with Gasteiger partial charge in [0.25, 0.3) is 0 Å². The molecule has 5 saturated carbocycles. The minimum atomic E-state index is -1.03. The SMILES string of the molecule is C=C1CC(C)(O)CC(CC)(OC(=O)C(CC(C)(CC)C(C)(C)C(CC(C)C(C)(C)C(C)(CC(C)(C)C)C(=O)OC2(C)C3CC4CC(C3)CC2C4)C(=O)OC2CCOC2=O)C(C)(C)C)C1. The summed E-state index contributed by atoms with van der Waals surface area (Å²) in [5.74, 6) is -0.606. The Morgan fingerprint density at radius 2 is 1.38 bits per heavy atom. The van der Waals surface area contributed by atoms with E-state index in [4.69, 9.17) is 18.9 Å². The first-order valence-corrected chi connectivity index (χ1v) is 25.3. The van der Waals surface area contributed by atoms with Gasteiger partial charge in [0.1, 0.15) is 11.2 Å². The number of ether oxygens (including phenoxy) is 4. The minimum absolute atomic E-state index is 0.140. The Morgan fingerprint density at radius 3 is 1.83 bits per heavy atom. The molecule has 4 bridgehead atoms. The van der Waals surface area contributed by atoms with Gasteiger partial charge in [0.05, 0.1) is 29.5 Å². The number of rotatable bonds is 17. The summed E-state index contributed by atoms with van der Waals surface area (Å²) in [4.78, 5) is 57.8. The summed E-state index contributed by atoms with van der Waals surface area (Å²) in [6.07, 6.45) is 9.14. The zero-order chi connectivity index (χ0) is 48.4. The smallest absolute Gasteiger partial charge is 0.347 e. The van der Waals surface area contributed by atoms with Gasteiger partial charge in [-0.3, -0.25) is 14.4 Å². The second kappa shape index (κ2) is 17.9. The first-order chi connectivity index (χ1) is 29.1. The fourth-order valence-electron chi connectivity index (χ4n) is 13.9. The predicted octanol–water partition coefficient (Wildman–Crippen LogP) is 12.4. The molecule has 9 heteroatoms. The van der Waals surface area contributed by atoms with E-state index in [1.54, 1.807) is 6.92 Å². The quantitative estimate of drug-likeness (QED) is 0.0863. The molecule has 64 heavy (non-hydrogen) atoms. The van der Waals surface area contributed by atoms with Crippen molar-refractivity contribution >= 4 is 23.9 Å². The monoisotopic (exact) mass is 897 g/mol. The fourth-order valence-corrected chi connectivity index (χ4v) is 13.9. The Kier molecular flexibility index (Phi) is 14.7. The number of carbonyl (C=O) groups excluding carboxylic acids is 4. The van der Waals surface area contributed by atoms with Crippen LogP contribution in [0.4, 0.5) is 0 Å². The van der Waals surface area contributed by atoms with Crippen LogP contribution < -0.4 is 0 Å². The number of aliphatic hydroxyl groups is 1. The molecular formula is C55H92O9. The maximum atomic E-state index is 15.3. The van der Waals surface area contributed by atoms with Crippen molar-refractivity contribution in [3.8, 4) is 0 Å². The van der Waals surface area contributed by atoms with Crippen molar-refractivity contribution in [2.45, 2.75) is 231 Å². The number of cyclic esters (lactones) is 1. The van der Waals surface area contributed by atoms with E-state index in [1.165, 1.54) is 6.42 Å². The second-order valence-corrected chi connectivity index (χ2v) is 26.7. The molecule has 9 nitrogen and oxygen atoms in total. The van der Waals surface area contributed by atoms with Crippen molar-refractivity contribution in [1.29, 1.82) is 0 Å². The van der Waals surface area contributed by atoms with Gasteiger partial charge in [-0.15, -0.1) is 0 Å². The minimum Gasteiger partial charge on any atom is -0.463 e. The first-order valence-electron chi connectivity index (χ1n) is 25.3. The van der Waals surface area contributed by atoms with Crippen LogP contribution in [0.25, 0.3) is 0 Å². The van der Waals surface area contributed by atoms with Crippen molar-refractivity contribution in [3.63, 3.8) is 0 Å². The van der Waals surface area contributed by atoms with Gasteiger partial charge in [-0.2, -0.15) is 0 Å². The highest BCUT2D eigenvalue weighted by Gasteiger charge is 2.61. The van der Waals surface area contributed by atoms with E-state index in [9.17, 15) is 19.5 Å². The molecule has 6 rings (SSSR count). The lowest BCUT2D eigenvalue weighted by Crippen LogP contribution is -2.60. The van der Waals surface area contributed by atoms with Crippen LogP contribution in [0, 0.1) is 73.9 Å². The van der Waals surface area contributed by atoms with E-state index in [2.05, 4.69) is 110 Å². The summed E-state index contributed by atoms with van der Waals surface area (Å²) < 4.78 is 25.0. The number of hydrogen-bond acceptors (Lipinski definition) is 9. The molecule has 1 N–H and O–H groups in total. The largest absolute Gasteiger partial charge is 0.463 e. The van der Waals surface area contributed by atoms with Crippen molar-refractivity contribution in [2.24, 2.45) is 73.9 Å². The Bertz CT molecular complexity index is 1730.